The summed E-state index contributed by atoms with van der Waals surface area (Å²) in [7, 11) is 1.84. The van der Waals surface area contributed by atoms with Crippen molar-refractivity contribution in [3.8, 4) is 0 Å². The number of carbonyl (C=O) groups excluding carboxylic acids is 1. The van der Waals surface area contributed by atoms with Gasteiger partial charge in [0.2, 0.25) is 0 Å². The first-order valence-corrected chi connectivity index (χ1v) is 8.89. The quantitative estimate of drug-likeness (QED) is 0.561. The van der Waals surface area contributed by atoms with Crippen LogP contribution in [0, 0.1) is 6.92 Å². The van der Waals surface area contributed by atoms with Crippen LogP contribution < -0.4 is 5.56 Å². The zero-order valence-electron chi connectivity index (χ0n) is 14.4. The highest BCUT2D eigenvalue weighted by molar-refractivity contribution is 7.20. The van der Waals surface area contributed by atoms with E-state index in [0.29, 0.717) is 21.6 Å². The molecule has 1 N–H and O–H groups in total. The molecule has 0 fully saturated rings. The lowest BCUT2D eigenvalue weighted by Gasteiger charge is -2.12. The minimum Gasteiger partial charge on any atom is -0.450 e. The van der Waals surface area contributed by atoms with Crippen molar-refractivity contribution in [3.05, 3.63) is 57.1 Å². The van der Waals surface area contributed by atoms with E-state index in [1.54, 1.807) is 35.9 Å². The van der Waals surface area contributed by atoms with Gasteiger partial charge in [-0.05, 0) is 32.0 Å². The number of fused-ring (bicyclic) bond motifs is 2. The third-order valence-corrected chi connectivity index (χ3v) is 5.38. The van der Waals surface area contributed by atoms with Crippen LogP contribution in [0.15, 0.2) is 35.1 Å². The third-order valence-electron chi connectivity index (χ3n) is 4.20. The minimum absolute atomic E-state index is 0.253. The summed E-state index contributed by atoms with van der Waals surface area (Å²) in [6.45, 7) is 3.58. The molecule has 132 valence electrons. The number of nitrogens with one attached hydrogen (secondary N) is 1. The fraction of sp³-hybridized carbons (Fsp3) is 0.222. The molecule has 0 amide bonds. The van der Waals surface area contributed by atoms with Gasteiger partial charge in [-0.1, -0.05) is 12.1 Å². The zero-order valence-corrected chi connectivity index (χ0v) is 15.3. The fourth-order valence-corrected chi connectivity index (χ4v) is 3.88. The maximum atomic E-state index is 12.5. The Kier molecular flexibility index (Phi) is 3.84. The van der Waals surface area contributed by atoms with Gasteiger partial charge in [-0.3, -0.25) is 9.48 Å². The van der Waals surface area contributed by atoms with E-state index in [4.69, 9.17) is 4.74 Å². The van der Waals surface area contributed by atoms with E-state index < -0.39 is 12.1 Å². The van der Waals surface area contributed by atoms with Crippen LogP contribution >= 0.6 is 11.3 Å². The Labute approximate surface area is 152 Å². The number of para-hydroxylation sites is 1. The Balaban J connectivity index is 1.62. The molecule has 0 saturated heterocycles. The summed E-state index contributed by atoms with van der Waals surface area (Å²) in [6, 6.07) is 8.83. The first-order chi connectivity index (χ1) is 12.4. The van der Waals surface area contributed by atoms with Gasteiger partial charge >= 0.3 is 5.97 Å². The molecule has 0 spiro atoms. The largest absolute Gasteiger partial charge is 0.450 e. The van der Waals surface area contributed by atoms with Crippen molar-refractivity contribution in [1.29, 1.82) is 0 Å². The van der Waals surface area contributed by atoms with Crippen molar-refractivity contribution >= 4 is 38.4 Å². The second-order valence-electron chi connectivity index (χ2n) is 6.05. The van der Waals surface area contributed by atoms with Gasteiger partial charge in [-0.25, -0.2) is 9.78 Å². The van der Waals surface area contributed by atoms with Crippen molar-refractivity contribution in [2.75, 3.05) is 0 Å². The predicted molar refractivity (Wildman–Crippen MR) is 99.5 cm³/mol. The maximum Gasteiger partial charge on any atom is 0.349 e. The molecule has 0 saturated carbocycles. The van der Waals surface area contributed by atoms with Gasteiger partial charge in [0.05, 0.1) is 16.6 Å². The normalized spacial score (nSPS) is 12.6. The summed E-state index contributed by atoms with van der Waals surface area (Å²) in [6.07, 6.45) is -0.677. The Bertz CT molecular complexity index is 1170. The van der Waals surface area contributed by atoms with Gasteiger partial charge < -0.3 is 9.72 Å². The Morgan fingerprint density at radius 3 is 2.85 bits per heavy atom. The monoisotopic (exact) mass is 368 g/mol. The highest BCUT2D eigenvalue weighted by Gasteiger charge is 2.20. The van der Waals surface area contributed by atoms with E-state index in [2.05, 4.69) is 15.1 Å². The first kappa shape index (κ1) is 16.5. The van der Waals surface area contributed by atoms with Crippen LogP contribution in [0.4, 0.5) is 0 Å². The smallest absolute Gasteiger partial charge is 0.349 e. The number of H-pyrrole nitrogens is 1. The van der Waals surface area contributed by atoms with Gasteiger partial charge in [0, 0.05) is 12.4 Å². The Morgan fingerprint density at radius 1 is 1.31 bits per heavy atom. The molecule has 4 rings (SSSR count). The van der Waals surface area contributed by atoms with E-state index in [0.717, 1.165) is 15.9 Å². The minimum atomic E-state index is -0.677. The molecule has 0 aliphatic heterocycles. The molecule has 3 heterocycles. The van der Waals surface area contributed by atoms with Crippen molar-refractivity contribution in [3.63, 3.8) is 0 Å². The molecule has 26 heavy (non-hydrogen) atoms. The number of thiophene rings is 1. The van der Waals surface area contributed by atoms with Crippen molar-refractivity contribution in [2.24, 2.45) is 7.05 Å². The van der Waals surface area contributed by atoms with Gasteiger partial charge in [0.15, 0.2) is 11.9 Å². The van der Waals surface area contributed by atoms with Gasteiger partial charge in [0.25, 0.3) is 5.56 Å². The molecule has 1 aromatic carbocycles. The maximum absolute atomic E-state index is 12.5. The Hall–Kier alpha value is -3.00. The second-order valence-corrected chi connectivity index (χ2v) is 7.08. The summed E-state index contributed by atoms with van der Waals surface area (Å²) >= 11 is 1.33. The zero-order chi connectivity index (χ0) is 18.4. The summed E-state index contributed by atoms with van der Waals surface area (Å²) in [5.74, 6) is -0.130. The molecule has 1 unspecified atom stereocenters. The lowest BCUT2D eigenvalue weighted by Crippen LogP contribution is -2.17. The van der Waals surface area contributed by atoms with E-state index in [-0.39, 0.29) is 5.56 Å². The SMILES string of the molecule is Cc1nn(C)c2sc(C(=O)OC(C)c3nc4ccccc4c(=O)[nH]3)cc12. The average molecular weight is 368 g/mol. The van der Waals surface area contributed by atoms with Crippen LogP contribution in [0.2, 0.25) is 0 Å². The first-order valence-electron chi connectivity index (χ1n) is 8.07. The fourth-order valence-electron chi connectivity index (χ4n) is 2.88. The van der Waals surface area contributed by atoms with Crippen LogP contribution in [0.1, 0.15) is 34.2 Å². The van der Waals surface area contributed by atoms with Crippen molar-refractivity contribution < 1.29 is 9.53 Å². The second kappa shape index (κ2) is 6.06. The van der Waals surface area contributed by atoms with E-state index in [1.807, 2.05) is 20.0 Å². The third kappa shape index (κ3) is 2.68. The molecule has 0 bridgehead atoms. The lowest BCUT2D eigenvalue weighted by atomic mass is 10.2. The molecule has 0 radical (unpaired) electrons. The highest BCUT2D eigenvalue weighted by Crippen LogP contribution is 2.29. The Morgan fingerprint density at radius 2 is 2.08 bits per heavy atom. The lowest BCUT2D eigenvalue weighted by molar-refractivity contribution is 0.0326. The van der Waals surface area contributed by atoms with E-state index in [9.17, 15) is 9.59 Å². The van der Waals surface area contributed by atoms with Crippen LogP contribution in [-0.2, 0) is 11.8 Å². The number of benzene rings is 1. The number of esters is 1. The van der Waals surface area contributed by atoms with E-state index >= 15 is 0 Å². The topological polar surface area (TPSA) is 89.9 Å². The number of nitrogens with zero attached hydrogens (tertiary/aromatic N) is 3. The molecule has 1 atom stereocenters. The number of ether oxygens (including phenoxy) is 1. The number of hydrogen-bond acceptors (Lipinski definition) is 6. The van der Waals surface area contributed by atoms with Crippen molar-refractivity contribution in [1.82, 2.24) is 19.7 Å². The summed E-state index contributed by atoms with van der Waals surface area (Å²) < 4.78 is 7.26. The summed E-state index contributed by atoms with van der Waals surface area (Å²) in [4.78, 5) is 33.2. The predicted octanol–water partition coefficient (Wildman–Crippen LogP) is 3.10. The van der Waals surface area contributed by atoms with E-state index in [1.165, 1.54) is 11.3 Å². The van der Waals surface area contributed by atoms with Crippen LogP contribution in [0.25, 0.3) is 21.1 Å². The van der Waals surface area contributed by atoms with Gasteiger partial charge in [-0.2, -0.15) is 5.10 Å². The summed E-state index contributed by atoms with van der Waals surface area (Å²) in [5, 5.41) is 5.76. The number of aryl methyl sites for hydroxylation is 2. The molecule has 4 aromatic rings. The van der Waals surface area contributed by atoms with Crippen LogP contribution in [-0.4, -0.2) is 25.7 Å². The molecular formula is C18H16N4O3S. The van der Waals surface area contributed by atoms with Gasteiger partial charge in [-0.15, -0.1) is 11.3 Å². The van der Waals surface area contributed by atoms with Crippen LogP contribution in [0.3, 0.4) is 0 Å². The highest BCUT2D eigenvalue weighted by atomic mass is 32.1. The summed E-state index contributed by atoms with van der Waals surface area (Å²) in [5.41, 5.74) is 1.18. The molecule has 0 aliphatic carbocycles. The number of hydrogen-bond donors (Lipinski definition) is 1. The van der Waals surface area contributed by atoms with Gasteiger partial charge in [0.1, 0.15) is 9.71 Å². The molecular weight excluding hydrogens is 352 g/mol. The number of aromatic amines is 1. The molecule has 3 aromatic heterocycles. The molecule has 0 aliphatic rings. The van der Waals surface area contributed by atoms with Crippen molar-refractivity contribution in [2.45, 2.75) is 20.0 Å². The number of rotatable bonds is 3. The average Bonchev–Trinajstić information content (AvgIpc) is 3.17. The number of carbonyl (C=O) groups is 1. The standard InChI is InChI=1S/C18H16N4O3S/c1-9-12-8-14(26-17(12)22(3)21-9)18(24)25-10(2)15-19-13-7-5-4-6-11(13)16(23)20-15/h4-8,10H,1-3H3,(H,19,20,23). The number of aromatic nitrogens is 4. The molecule has 8 heteroatoms. The van der Waals surface area contributed by atoms with Crippen LogP contribution in [0.5, 0.6) is 0 Å². The molecule has 7 nitrogen and oxygen atoms in total.